The van der Waals surface area contributed by atoms with Crippen molar-refractivity contribution in [3.63, 3.8) is 0 Å². The molecule has 0 saturated heterocycles. The molecular formula is C21H23N3O3. The Morgan fingerprint density at radius 2 is 1.78 bits per heavy atom. The number of nitrogens with zero attached hydrogens (tertiary/aromatic N) is 2. The number of anilines is 1. The highest BCUT2D eigenvalue weighted by Crippen LogP contribution is 2.22. The zero-order chi connectivity index (χ0) is 20.0. The van der Waals surface area contributed by atoms with Crippen molar-refractivity contribution in [1.82, 2.24) is 4.90 Å². The minimum absolute atomic E-state index is 0.0884. The Labute approximate surface area is 159 Å². The van der Waals surface area contributed by atoms with Gasteiger partial charge in [0.2, 0.25) is 5.91 Å². The van der Waals surface area contributed by atoms with Gasteiger partial charge in [-0.15, -0.1) is 0 Å². The van der Waals surface area contributed by atoms with Gasteiger partial charge in [0.1, 0.15) is 11.8 Å². The molecule has 2 aromatic carbocycles. The van der Waals surface area contributed by atoms with Crippen LogP contribution in [0.15, 0.2) is 36.4 Å². The van der Waals surface area contributed by atoms with Gasteiger partial charge in [0.05, 0.1) is 12.1 Å². The van der Waals surface area contributed by atoms with E-state index < -0.39 is 0 Å². The van der Waals surface area contributed by atoms with E-state index in [0.29, 0.717) is 11.3 Å². The topological polar surface area (TPSA) is 82.4 Å². The van der Waals surface area contributed by atoms with Gasteiger partial charge in [0, 0.05) is 12.7 Å². The van der Waals surface area contributed by atoms with Crippen molar-refractivity contribution in [1.29, 1.82) is 5.26 Å². The van der Waals surface area contributed by atoms with Gasteiger partial charge in [-0.2, -0.15) is 5.26 Å². The predicted molar refractivity (Wildman–Crippen MR) is 104 cm³/mol. The Morgan fingerprint density at radius 1 is 1.15 bits per heavy atom. The second kappa shape index (κ2) is 8.86. The van der Waals surface area contributed by atoms with Gasteiger partial charge in [0.15, 0.2) is 6.61 Å². The summed E-state index contributed by atoms with van der Waals surface area (Å²) < 4.78 is 5.42. The number of ether oxygens (including phenoxy) is 1. The second-order valence-electron chi connectivity index (χ2n) is 6.47. The van der Waals surface area contributed by atoms with Crippen molar-refractivity contribution in [3.8, 4) is 11.8 Å². The summed E-state index contributed by atoms with van der Waals surface area (Å²) in [5.41, 5.74) is 4.21. The van der Waals surface area contributed by atoms with Crippen LogP contribution in [0.1, 0.15) is 22.3 Å². The third-order valence-electron chi connectivity index (χ3n) is 4.11. The maximum atomic E-state index is 12.3. The molecule has 1 N–H and O–H groups in total. The lowest BCUT2D eigenvalue weighted by Crippen LogP contribution is -2.37. The predicted octanol–water partition coefficient (Wildman–Crippen LogP) is 2.96. The fraction of sp³-hybridized carbons (Fsp3) is 0.286. The Bertz CT molecular complexity index is 877. The monoisotopic (exact) mass is 365 g/mol. The highest BCUT2D eigenvalue weighted by atomic mass is 16.5. The molecule has 2 aromatic rings. The average Bonchev–Trinajstić information content (AvgIpc) is 2.62. The maximum Gasteiger partial charge on any atom is 0.260 e. The van der Waals surface area contributed by atoms with Crippen LogP contribution in [0.25, 0.3) is 0 Å². The van der Waals surface area contributed by atoms with Gasteiger partial charge < -0.3 is 15.0 Å². The van der Waals surface area contributed by atoms with E-state index in [1.807, 2.05) is 39.0 Å². The number of para-hydroxylation sites is 1. The first-order chi connectivity index (χ1) is 12.8. The van der Waals surface area contributed by atoms with Crippen LogP contribution in [0.5, 0.6) is 5.75 Å². The summed E-state index contributed by atoms with van der Waals surface area (Å²) in [5, 5.41) is 11.9. The number of hydrogen-bond donors (Lipinski definition) is 1. The Balaban J connectivity index is 1.92. The number of carbonyl (C=O) groups is 2. The Kier molecular flexibility index (Phi) is 6.56. The van der Waals surface area contributed by atoms with Crippen LogP contribution in [-0.2, 0) is 9.59 Å². The van der Waals surface area contributed by atoms with Gasteiger partial charge in [-0.05, 0) is 44.0 Å². The molecule has 0 saturated carbocycles. The molecule has 0 aromatic heterocycles. The number of aryl methyl sites for hydroxylation is 3. The van der Waals surface area contributed by atoms with Crippen LogP contribution in [0.4, 0.5) is 5.69 Å². The number of benzene rings is 2. The molecule has 27 heavy (non-hydrogen) atoms. The normalized spacial score (nSPS) is 10.0. The molecule has 0 aliphatic heterocycles. The second-order valence-corrected chi connectivity index (χ2v) is 6.47. The summed E-state index contributed by atoms with van der Waals surface area (Å²) >= 11 is 0. The fourth-order valence-corrected chi connectivity index (χ4v) is 2.79. The quantitative estimate of drug-likeness (QED) is 0.853. The molecule has 0 spiro atoms. The number of carbonyl (C=O) groups excluding carboxylic acids is 2. The lowest BCUT2D eigenvalue weighted by molar-refractivity contribution is -0.135. The zero-order valence-corrected chi connectivity index (χ0v) is 16.0. The summed E-state index contributed by atoms with van der Waals surface area (Å²) in [5.74, 6) is -0.286. The Hall–Kier alpha value is -3.33. The smallest absolute Gasteiger partial charge is 0.260 e. The van der Waals surface area contributed by atoms with Crippen LogP contribution in [0, 0.1) is 32.1 Å². The molecule has 0 aliphatic rings. The lowest BCUT2D eigenvalue weighted by atomic mass is 10.1. The molecule has 0 fully saturated rings. The number of likely N-dealkylation sites (N-methyl/N-ethyl adjacent to an activating group) is 1. The first kappa shape index (κ1) is 20.0. The molecule has 0 atom stereocenters. The van der Waals surface area contributed by atoms with Gasteiger partial charge in [-0.3, -0.25) is 9.59 Å². The van der Waals surface area contributed by atoms with Crippen LogP contribution >= 0.6 is 0 Å². The standard InChI is InChI=1S/C21H23N3O3/c1-14-9-15(2)21(16(3)10-14)23-19(25)12-24(4)20(26)13-27-18-8-6-5-7-17(18)11-22/h5-10H,12-13H2,1-4H3,(H,23,25). The maximum absolute atomic E-state index is 12.3. The minimum atomic E-state index is -0.352. The summed E-state index contributed by atoms with van der Waals surface area (Å²) in [4.78, 5) is 25.8. The first-order valence-corrected chi connectivity index (χ1v) is 8.55. The van der Waals surface area contributed by atoms with Crippen molar-refractivity contribution in [2.45, 2.75) is 20.8 Å². The number of nitriles is 1. The van der Waals surface area contributed by atoms with Crippen molar-refractivity contribution in [2.24, 2.45) is 0 Å². The molecule has 0 unspecified atom stereocenters. The van der Waals surface area contributed by atoms with E-state index >= 15 is 0 Å². The first-order valence-electron chi connectivity index (χ1n) is 8.55. The highest BCUT2D eigenvalue weighted by molar-refractivity contribution is 5.95. The fourth-order valence-electron chi connectivity index (χ4n) is 2.79. The van der Waals surface area contributed by atoms with E-state index in [2.05, 4.69) is 5.32 Å². The molecule has 0 heterocycles. The molecule has 2 rings (SSSR count). The van der Waals surface area contributed by atoms with E-state index in [1.54, 1.807) is 24.3 Å². The minimum Gasteiger partial charge on any atom is -0.482 e. The average molecular weight is 365 g/mol. The molecule has 0 radical (unpaired) electrons. The molecule has 0 aliphatic carbocycles. The van der Waals surface area contributed by atoms with Crippen LogP contribution < -0.4 is 10.1 Å². The van der Waals surface area contributed by atoms with E-state index in [1.165, 1.54) is 11.9 Å². The van der Waals surface area contributed by atoms with Crippen LogP contribution in [0.3, 0.4) is 0 Å². The zero-order valence-electron chi connectivity index (χ0n) is 16.0. The summed E-state index contributed by atoms with van der Waals surface area (Å²) in [6.07, 6.45) is 0. The van der Waals surface area contributed by atoms with Crippen LogP contribution in [-0.4, -0.2) is 36.9 Å². The summed E-state index contributed by atoms with van der Waals surface area (Å²) in [6, 6.07) is 12.7. The van der Waals surface area contributed by atoms with Crippen molar-refractivity contribution in [3.05, 3.63) is 58.7 Å². The van der Waals surface area contributed by atoms with Crippen molar-refractivity contribution < 1.29 is 14.3 Å². The number of amides is 2. The highest BCUT2D eigenvalue weighted by Gasteiger charge is 2.16. The molecular weight excluding hydrogens is 342 g/mol. The van der Waals surface area contributed by atoms with E-state index in [9.17, 15) is 9.59 Å². The lowest BCUT2D eigenvalue weighted by Gasteiger charge is -2.19. The summed E-state index contributed by atoms with van der Waals surface area (Å²) in [7, 11) is 1.54. The van der Waals surface area contributed by atoms with E-state index in [0.717, 1.165) is 22.4 Å². The molecule has 140 valence electrons. The third kappa shape index (κ3) is 5.32. The summed E-state index contributed by atoms with van der Waals surface area (Å²) in [6.45, 7) is 5.54. The molecule has 6 heteroatoms. The Morgan fingerprint density at radius 3 is 2.41 bits per heavy atom. The van der Waals surface area contributed by atoms with Gasteiger partial charge in [0.25, 0.3) is 5.91 Å². The number of hydrogen-bond acceptors (Lipinski definition) is 4. The molecule has 6 nitrogen and oxygen atoms in total. The van der Waals surface area contributed by atoms with Gasteiger partial charge in [-0.1, -0.05) is 29.8 Å². The van der Waals surface area contributed by atoms with Crippen molar-refractivity contribution >= 4 is 17.5 Å². The largest absolute Gasteiger partial charge is 0.482 e. The van der Waals surface area contributed by atoms with Gasteiger partial charge in [-0.25, -0.2) is 0 Å². The molecule has 0 bridgehead atoms. The van der Waals surface area contributed by atoms with E-state index in [4.69, 9.17) is 10.00 Å². The number of rotatable bonds is 6. The SMILES string of the molecule is Cc1cc(C)c(NC(=O)CN(C)C(=O)COc2ccccc2C#N)c(C)c1. The molecule has 2 amide bonds. The van der Waals surface area contributed by atoms with Crippen LogP contribution in [0.2, 0.25) is 0 Å². The van der Waals surface area contributed by atoms with Gasteiger partial charge >= 0.3 is 0 Å². The number of nitrogens with one attached hydrogen (secondary N) is 1. The van der Waals surface area contributed by atoms with E-state index in [-0.39, 0.29) is 25.0 Å². The third-order valence-corrected chi connectivity index (χ3v) is 4.11. The van der Waals surface area contributed by atoms with Crippen molar-refractivity contribution in [2.75, 3.05) is 25.5 Å².